The second-order valence-electron chi connectivity index (χ2n) is 6.73. The Morgan fingerprint density at radius 1 is 1.31 bits per heavy atom. The Balaban J connectivity index is 1.96. The van der Waals surface area contributed by atoms with Gasteiger partial charge in [-0.15, -0.1) is 11.3 Å². The van der Waals surface area contributed by atoms with Crippen LogP contribution in [0.25, 0.3) is 17.2 Å². The van der Waals surface area contributed by atoms with Gasteiger partial charge in [-0.3, -0.25) is 9.48 Å². The van der Waals surface area contributed by atoms with Gasteiger partial charge in [0.15, 0.2) is 0 Å². The molecule has 0 aliphatic carbocycles. The number of carbonyl (C=O) groups is 2. The van der Waals surface area contributed by atoms with Gasteiger partial charge in [-0.05, 0) is 44.5 Å². The zero-order chi connectivity index (χ0) is 23.3. The number of carbonyl (C=O) groups excluding carboxylic acids is 2. The van der Waals surface area contributed by atoms with Crippen molar-refractivity contribution >= 4 is 50.2 Å². The van der Waals surface area contributed by atoms with Crippen LogP contribution < -0.4 is 5.32 Å². The van der Waals surface area contributed by atoms with E-state index in [2.05, 4.69) is 26.3 Å². The van der Waals surface area contributed by atoms with E-state index >= 15 is 0 Å². The molecule has 0 spiro atoms. The van der Waals surface area contributed by atoms with E-state index in [0.717, 1.165) is 10.0 Å². The van der Waals surface area contributed by atoms with Crippen LogP contribution in [0.15, 0.2) is 45.9 Å². The fourth-order valence-corrected chi connectivity index (χ4v) is 4.23. The van der Waals surface area contributed by atoms with Gasteiger partial charge in [-0.1, -0.05) is 28.1 Å². The lowest BCUT2D eigenvalue weighted by Crippen LogP contribution is -2.16. The number of amides is 1. The molecular weight excluding hydrogens is 492 g/mol. The fraction of sp³-hybridized carbons (Fsp3) is 0.217. The quantitative estimate of drug-likeness (QED) is 0.258. The van der Waals surface area contributed by atoms with Gasteiger partial charge in [0.05, 0.1) is 12.3 Å². The number of benzene rings is 1. The number of rotatable bonds is 7. The molecule has 9 heteroatoms. The summed E-state index contributed by atoms with van der Waals surface area (Å²) in [6, 6.07) is 9.42. The lowest BCUT2D eigenvalue weighted by atomic mass is 10.0. The van der Waals surface area contributed by atoms with E-state index in [1.54, 1.807) is 23.2 Å². The minimum atomic E-state index is -0.606. The molecule has 0 saturated heterocycles. The standard InChI is InChI=1S/C23H21BrN4O3S/c1-4-28-12-17(14(3)27-28)10-16(11-25)21(29)26-22-20(23(30)31-5-2)19(13-32-22)15-6-8-18(24)9-7-15/h6-10,12-13H,4-5H2,1-3H3,(H,26,29). The highest BCUT2D eigenvalue weighted by atomic mass is 79.9. The van der Waals surface area contributed by atoms with E-state index in [1.165, 1.54) is 17.4 Å². The lowest BCUT2D eigenvalue weighted by Gasteiger charge is -2.09. The summed E-state index contributed by atoms with van der Waals surface area (Å²) >= 11 is 4.61. The van der Waals surface area contributed by atoms with Crippen LogP contribution in [0.2, 0.25) is 0 Å². The summed E-state index contributed by atoms with van der Waals surface area (Å²) < 4.78 is 7.87. The number of thiophene rings is 1. The minimum Gasteiger partial charge on any atom is -0.462 e. The Bertz CT molecular complexity index is 1220. The van der Waals surface area contributed by atoms with E-state index in [9.17, 15) is 14.9 Å². The number of ether oxygens (including phenoxy) is 1. The monoisotopic (exact) mass is 512 g/mol. The molecule has 0 atom stereocenters. The fourth-order valence-electron chi connectivity index (χ4n) is 3.01. The molecule has 0 fully saturated rings. The topological polar surface area (TPSA) is 97.0 Å². The number of nitrogens with one attached hydrogen (secondary N) is 1. The van der Waals surface area contributed by atoms with Crippen LogP contribution in [-0.2, 0) is 16.1 Å². The maximum absolute atomic E-state index is 12.9. The third-order valence-electron chi connectivity index (χ3n) is 4.63. The first-order valence-electron chi connectivity index (χ1n) is 9.89. The first-order valence-corrected chi connectivity index (χ1v) is 11.6. The van der Waals surface area contributed by atoms with Gasteiger partial charge in [-0.25, -0.2) is 4.79 Å². The average Bonchev–Trinajstić information content (AvgIpc) is 3.35. The van der Waals surface area contributed by atoms with E-state index in [-0.39, 0.29) is 17.7 Å². The van der Waals surface area contributed by atoms with Crippen LogP contribution in [0.4, 0.5) is 5.00 Å². The van der Waals surface area contributed by atoms with Crippen LogP contribution in [0.3, 0.4) is 0 Å². The molecule has 1 aromatic carbocycles. The van der Waals surface area contributed by atoms with Gasteiger partial charge in [-0.2, -0.15) is 10.4 Å². The SMILES string of the molecule is CCOC(=O)c1c(-c2ccc(Br)cc2)csc1NC(=O)C(C#N)=Cc1cn(CC)nc1C. The Hall–Kier alpha value is -3.22. The first-order chi connectivity index (χ1) is 15.4. The second kappa shape index (κ2) is 10.4. The van der Waals surface area contributed by atoms with Crippen LogP contribution in [0, 0.1) is 18.3 Å². The van der Waals surface area contributed by atoms with Crippen molar-refractivity contribution in [1.82, 2.24) is 9.78 Å². The van der Waals surface area contributed by atoms with Crippen molar-refractivity contribution < 1.29 is 14.3 Å². The van der Waals surface area contributed by atoms with Crippen molar-refractivity contribution in [3.63, 3.8) is 0 Å². The molecule has 164 valence electrons. The molecule has 3 rings (SSSR count). The van der Waals surface area contributed by atoms with E-state index < -0.39 is 11.9 Å². The number of hydrogen-bond acceptors (Lipinski definition) is 6. The van der Waals surface area contributed by atoms with Crippen molar-refractivity contribution in [1.29, 1.82) is 5.26 Å². The highest BCUT2D eigenvalue weighted by molar-refractivity contribution is 9.10. The number of nitrogens with zero attached hydrogens (tertiary/aromatic N) is 3. The molecule has 0 bridgehead atoms. The molecule has 0 saturated carbocycles. The number of aryl methyl sites for hydroxylation is 2. The summed E-state index contributed by atoms with van der Waals surface area (Å²) in [5.41, 5.74) is 3.04. The summed E-state index contributed by atoms with van der Waals surface area (Å²) in [5, 5.41) is 18.7. The molecule has 0 unspecified atom stereocenters. The summed E-state index contributed by atoms with van der Waals surface area (Å²) in [6.45, 7) is 6.37. The number of aromatic nitrogens is 2. The predicted octanol–water partition coefficient (Wildman–Crippen LogP) is 5.42. The number of anilines is 1. The van der Waals surface area contributed by atoms with Crippen molar-refractivity contribution in [2.45, 2.75) is 27.3 Å². The third-order valence-corrected chi connectivity index (χ3v) is 6.05. The van der Waals surface area contributed by atoms with Gasteiger partial charge in [0.25, 0.3) is 5.91 Å². The molecule has 3 aromatic rings. The van der Waals surface area contributed by atoms with Crippen molar-refractivity contribution in [2.75, 3.05) is 11.9 Å². The Morgan fingerprint density at radius 3 is 2.62 bits per heavy atom. The van der Waals surface area contributed by atoms with Gasteiger partial charge >= 0.3 is 5.97 Å². The molecule has 0 aliphatic heterocycles. The number of nitriles is 1. The predicted molar refractivity (Wildman–Crippen MR) is 128 cm³/mol. The largest absolute Gasteiger partial charge is 0.462 e. The normalized spacial score (nSPS) is 11.2. The highest BCUT2D eigenvalue weighted by Crippen LogP contribution is 2.37. The number of hydrogen-bond donors (Lipinski definition) is 1. The molecule has 1 amide bonds. The molecular formula is C23H21BrN4O3S. The minimum absolute atomic E-state index is 0.0860. The van der Waals surface area contributed by atoms with Crippen LogP contribution >= 0.6 is 27.3 Å². The van der Waals surface area contributed by atoms with Gasteiger partial charge < -0.3 is 10.1 Å². The molecule has 32 heavy (non-hydrogen) atoms. The van der Waals surface area contributed by atoms with E-state index in [0.29, 0.717) is 28.4 Å². The summed E-state index contributed by atoms with van der Waals surface area (Å²) in [5.74, 6) is -1.14. The highest BCUT2D eigenvalue weighted by Gasteiger charge is 2.24. The summed E-state index contributed by atoms with van der Waals surface area (Å²) in [4.78, 5) is 25.6. The average molecular weight is 513 g/mol. The lowest BCUT2D eigenvalue weighted by molar-refractivity contribution is -0.112. The molecule has 2 aromatic heterocycles. The van der Waals surface area contributed by atoms with E-state index in [4.69, 9.17) is 4.74 Å². The maximum Gasteiger partial charge on any atom is 0.341 e. The van der Waals surface area contributed by atoms with Crippen LogP contribution in [0.1, 0.15) is 35.5 Å². The zero-order valence-electron chi connectivity index (χ0n) is 17.8. The summed E-state index contributed by atoms with van der Waals surface area (Å²) in [6.07, 6.45) is 3.28. The van der Waals surface area contributed by atoms with Crippen LogP contribution in [-0.4, -0.2) is 28.3 Å². The molecule has 0 aliphatic rings. The van der Waals surface area contributed by atoms with Crippen molar-refractivity contribution in [2.24, 2.45) is 0 Å². The second-order valence-corrected chi connectivity index (χ2v) is 8.53. The first kappa shape index (κ1) is 23.4. The van der Waals surface area contributed by atoms with E-state index in [1.807, 2.05) is 44.2 Å². The van der Waals surface area contributed by atoms with Crippen LogP contribution in [0.5, 0.6) is 0 Å². The number of esters is 1. The molecule has 0 radical (unpaired) electrons. The molecule has 2 heterocycles. The Morgan fingerprint density at radius 2 is 2.03 bits per heavy atom. The summed E-state index contributed by atoms with van der Waals surface area (Å²) in [7, 11) is 0. The van der Waals surface area contributed by atoms with Gasteiger partial charge in [0.1, 0.15) is 22.2 Å². The Kier molecular flexibility index (Phi) is 7.62. The smallest absolute Gasteiger partial charge is 0.341 e. The van der Waals surface area contributed by atoms with Crippen molar-refractivity contribution in [3.05, 3.63) is 62.7 Å². The van der Waals surface area contributed by atoms with Gasteiger partial charge in [0, 0.05) is 33.7 Å². The molecule has 1 N–H and O–H groups in total. The molecule has 7 nitrogen and oxygen atoms in total. The van der Waals surface area contributed by atoms with Gasteiger partial charge in [0.2, 0.25) is 0 Å². The maximum atomic E-state index is 12.9. The van der Waals surface area contributed by atoms with Crippen molar-refractivity contribution in [3.8, 4) is 17.2 Å². The zero-order valence-corrected chi connectivity index (χ0v) is 20.2. The number of halogens is 1. The Labute approximate surface area is 198 Å². The third kappa shape index (κ3) is 5.15.